The lowest BCUT2D eigenvalue weighted by molar-refractivity contribution is -0.112. The summed E-state index contributed by atoms with van der Waals surface area (Å²) >= 11 is 0. The van der Waals surface area contributed by atoms with Crippen molar-refractivity contribution in [1.82, 2.24) is 0 Å². The van der Waals surface area contributed by atoms with Gasteiger partial charge in [0.1, 0.15) is 23.2 Å². The molecule has 0 saturated carbocycles. The Morgan fingerprint density at radius 1 is 1.06 bits per heavy atom. The Kier molecular flexibility index (Phi) is 6.68. The van der Waals surface area contributed by atoms with Gasteiger partial charge in [-0.3, -0.25) is 4.79 Å². The van der Waals surface area contributed by atoms with Gasteiger partial charge < -0.3 is 14.5 Å². The van der Waals surface area contributed by atoms with E-state index in [1.807, 2.05) is 38.1 Å². The van der Waals surface area contributed by atoms with Crippen LogP contribution in [0.1, 0.15) is 34.2 Å². The van der Waals surface area contributed by atoms with E-state index in [0.29, 0.717) is 29.4 Å². The minimum Gasteiger partial charge on any atom is -0.462 e. The molecule has 0 fully saturated rings. The Labute approximate surface area is 180 Å². The number of hydrogen-bond acceptors (Lipinski definition) is 5. The standard InChI is InChI=1S/C25H22N2O4/c1-4-30-25(29)19-10-8-18(9-11-19)22-13-12-21(31-22)14-20(15-26)24(28)27-23-16(2)6-5-7-17(23)3/h5-14H,4H2,1-3H3,(H,27,28)/b20-14+. The Morgan fingerprint density at radius 2 is 1.74 bits per heavy atom. The number of ether oxygens (including phenoxy) is 1. The summed E-state index contributed by atoms with van der Waals surface area (Å²) in [7, 11) is 0. The quantitative estimate of drug-likeness (QED) is 0.336. The Hall–Kier alpha value is -4.11. The van der Waals surface area contributed by atoms with Crippen molar-refractivity contribution >= 4 is 23.6 Å². The number of nitrogens with zero attached hydrogens (tertiary/aromatic N) is 1. The van der Waals surface area contributed by atoms with Gasteiger partial charge in [-0.2, -0.15) is 5.26 Å². The van der Waals surface area contributed by atoms with E-state index in [-0.39, 0.29) is 11.5 Å². The van der Waals surface area contributed by atoms with E-state index < -0.39 is 5.91 Å². The van der Waals surface area contributed by atoms with Gasteiger partial charge in [-0.1, -0.05) is 30.3 Å². The Balaban J connectivity index is 1.78. The molecule has 0 saturated heterocycles. The topological polar surface area (TPSA) is 92.3 Å². The summed E-state index contributed by atoms with van der Waals surface area (Å²) in [5, 5.41) is 12.3. The van der Waals surface area contributed by atoms with Crippen LogP contribution in [0.15, 0.2) is 64.6 Å². The molecule has 156 valence electrons. The van der Waals surface area contributed by atoms with Crippen molar-refractivity contribution in [3.63, 3.8) is 0 Å². The predicted molar refractivity (Wildman–Crippen MR) is 118 cm³/mol. The Bertz CT molecular complexity index is 1160. The highest BCUT2D eigenvalue weighted by atomic mass is 16.5. The number of carbonyl (C=O) groups is 2. The number of nitriles is 1. The molecule has 0 unspecified atom stereocenters. The van der Waals surface area contributed by atoms with Gasteiger partial charge in [0.25, 0.3) is 5.91 Å². The normalized spacial score (nSPS) is 11.0. The number of rotatable bonds is 6. The van der Waals surface area contributed by atoms with Crippen molar-refractivity contribution in [2.75, 3.05) is 11.9 Å². The molecule has 6 heteroatoms. The molecule has 1 aromatic heterocycles. The molecule has 31 heavy (non-hydrogen) atoms. The van der Waals surface area contributed by atoms with Gasteiger partial charge in [0, 0.05) is 17.3 Å². The monoisotopic (exact) mass is 414 g/mol. The van der Waals surface area contributed by atoms with Crippen LogP contribution in [0.4, 0.5) is 5.69 Å². The average molecular weight is 414 g/mol. The first-order valence-electron chi connectivity index (χ1n) is 9.79. The van der Waals surface area contributed by atoms with E-state index >= 15 is 0 Å². The van der Waals surface area contributed by atoms with Gasteiger partial charge in [-0.15, -0.1) is 0 Å². The number of carbonyl (C=O) groups excluding carboxylic acids is 2. The summed E-state index contributed by atoms with van der Waals surface area (Å²) in [6.45, 7) is 5.85. The number of benzene rings is 2. The summed E-state index contributed by atoms with van der Waals surface area (Å²) in [5.74, 6) is 0.0362. The van der Waals surface area contributed by atoms with Gasteiger partial charge in [0.2, 0.25) is 0 Å². The van der Waals surface area contributed by atoms with Crippen LogP contribution in [-0.4, -0.2) is 18.5 Å². The molecular formula is C25H22N2O4. The van der Waals surface area contributed by atoms with Gasteiger partial charge in [-0.25, -0.2) is 4.79 Å². The largest absolute Gasteiger partial charge is 0.462 e. The number of anilines is 1. The first kappa shape index (κ1) is 21.6. The summed E-state index contributed by atoms with van der Waals surface area (Å²) in [6.07, 6.45) is 1.40. The molecule has 0 aliphatic rings. The third-order valence-electron chi connectivity index (χ3n) is 4.68. The van der Waals surface area contributed by atoms with E-state index in [1.54, 1.807) is 43.3 Å². The van der Waals surface area contributed by atoms with Gasteiger partial charge >= 0.3 is 5.97 Å². The lowest BCUT2D eigenvalue weighted by Gasteiger charge is -2.10. The van der Waals surface area contributed by atoms with Crippen LogP contribution in [0.25, 0.3) is 17.4 Å². The SMILES string of the molecule is CCOC(=O)c1ccc(-c2ccc(/C=C(\C#N)C(=O)Nc3c(C)cccc3C)o2)cc1. The second-order valence-electron chi connectivity index (χ2n) is 6.89. The van der Waals surface area contributed by atoms with Crippen LogP contribution in [0.5, 0.6) is 0 Å². The van der Waals surface area contributed by atoms with E-state index in [2.05, 4.69) is 5.32 Å². The maximum atomic E-state index is 12.6. The number of hydrogen-bond donors (Lipinski definition) is 1. The molecule has 0 aliphatic heterocycles. The van der Waals surface area contributed by atoms with E-state index in [4.69, 9.17) is 9.15 Å². The third-order valence-corrected chi connectivity index (χ3v) is 4.68. The molecule has 1 amide bonds. The number of esters is 1. The average Bonchev–Trinajstić information content (AvgIpc) is 3.23. The van der Waals surface area contributed by atoms with E-state index in [1.165, 1.54) is 6.08 Å². The Morgan fingerprint density at radius 3 is 2.35 bits per heavy atom. The number of aryl methyl sites for hydroxylation is 2. The molecule has 0 atom stereocenters. The van der Waals surface area contributed by atoms with Crippen LogP contribution >= 0.6 is 0 Å². The lowest BCUT2D eigenvalue weighted by atomic mass is 10.1. The van der Waals surface area contributed by atoms with Crippen molar-refractivity contribution in [2.45, 2.75) is 20.8 Å². The van der Waals surface area contributed by atoms with Crippen molar-refractivity contribution in [1.29, 1.82) is 5.26 Å². The third kappa shape index (κ3) is 5.09. The molecule has 3 rings (SSSR count). The van der Waals surface area contributed by atoms with Crippen LogP contribution in [0.2, 0.25) is 0 Å². The van der Waals surface area contributed by atoms with E-state index in [9.17, 15) is 14.9 Å². The second-order valence-corrected chi connectivity index (χ2v) is 6.89. The van der Waals surface area contributed by atoms with Crippen LogP contribution in [0.3, 0.4) is 0 Å². The van der Waals surface area contributed by atoms with Gasteiger partial charge in [0.15, 0.2) is 0 Å². The molecule has 3 aromatic rings. The number of nitrogens with one attached hydrogen (secondary N) is 1. The zero-order valence-corrected chi connectivity index (χ0v) is 17.6. The number of furan rings is 1. The van der Waals surface area contributed by atoms with Crippen LogP contribution < -0.4 is 5.32 Å². The smallest absolute Gasteiger partial charge is 0.338 e. The lowest BCUT2D eigenvalue weighted by Crippen LogP contribution is -2.15. The van der Waals surface area contributed by atoms with Crippen molar-refractivity contribution in [2.24, 2.45) is 0 Å². The molecule has 0 radical (unpaired) electrons. The molecule has 0 spiro atoms. The summed E-state index contributed by atoms with van der Waals surface area (Å²) in [4.78, 5) is 24.4. The molecule has 2 aromatic carbocycles. The predicted octanol–water partition coefficient (Wildman–Crippen LogP) is 5.29. The fourth-order valence-electron chi connectivity index (χ4n) is 3.05. The first-order chi connectivity index (χ1) is 14.9. The zero-order chi connectivity index (χ0) is 22.4. The van der Waals surface area contributed by atoms with Crippen LogP contribution in [0, 0.1) is 25.2 Å². The second kappa shape index (κ2) is 9.59. The highest BCUT2D eigenvalue weighted by Crippen LogP contribution is 2.25. The minimum atomic E-state index is -0.503. The van der Waals surface area contributed by atoms with E-state index in [0.717, 1.165) is 16.7 Å². The summed E-state index contributed by atoms with van der Waals surface area (Å²) in [5.41, 5.74) is 3.66. The van der Waals surface area contributed by atoms with Crippen molar-refractivity contribution in [3.8, 4) is 17.4 Å². The summed E-state index contributed by atoms with van der Waals surface area (Å²) in [6, 6.07) is 17.8. The first-order valence-corrected chi connectivity index (χ1v) is 9.79. The molecule has 1 heterocycles. The number of para-hydroxylation sites is 1. The molecule has 0 bridgehead atoms. The fourth-order valence-corrected chi connectivity index (χ4v) is 3.05. The van der Waals surface area contributed by atoms with Gasteiger partial charge in [0.05, 0.1) is 12.2 Å². The maximum absolute atomic E-state index is 12.6. The molecular weight excluding hydrogens is 392 g/mol. The van der Waals surface area contributed by atoms with Crippen LogP contribution in [-0.2, 0) is 9.53 Å². The maximum Gasteiger partial charge on any atom is 0.338 e. The molecule has 0 aliphatic carbocycles. The molecule has 6 nitrogen and oxygen atoms in total. The minimum absolute atomic E-state index is 0.0683. The van der Waals surface area contributed by atoms with Crippen molar-refractivity contribution in [3.05, 3.63) is 82.6 Å². The summed E-state index contributed by atoms with van der Waals surface area (Å²) < 4.78 is 10.7. The number of amides is 1. The highest BCUT2D eigenvalue weighted by molar-refractivity contribution is 6.10. The van der Waals surface area contributed by atoms with Gasteiger partial charge in [-0.05, 0) is 56.2 Å². The fraction of sp³-hybridized carbons (Fsp3) is 0.160. The highest BCUT2D eigenvalue weighted by Gasteiger charge is 2.14. The molecule has 1 N–H and O–H groups in total. The zero-order valence-electron chi connectivity index (χ0n) is 17.6. The van der Waals surface area contributed by atoms with Crippen molar-refractivity contribution < 1.29 is 18.7 Å².